The lowest BCUT2D eigenvalue weighted by atomic mass is 9.95. The molecule has 60 valence electrons. The van der Waals surface area contributed by atoms with Gasteiger partial charge in [0.05, 0.1) is 12.2 Å². The summed E-state index contributed by atoms with van der Waals surface area (Å²) in [6, 6.07) is 0. The van der Waals surface area contributed by atoms with Gasteiger partial charge in [-0.2, -0.15) is 0 Å². The molecular weight excluding hydrogens is 245 g/mol. The van der Waals surface area contributed by atoms with E-state index in [0.717, 1.165) is 25.7 Å². The van der Waals surface area contributed by atoms with Gasteiger partial charge in [-0.15, -0.1) is 0 Å². The molecule has 2 N–H and O–H groups in total. The van der Waals surface area contributed by atoms with E-state index in [1.54, 1.807) is 0 Å². The minimum atomic E-state index is 0.216. The Hall–Kier alpha value is 0.610. The second-order valence-corrected chi connectivity index (χ2v) is 3.14. The fourth-order valence-corrected chi connectivity index (χ4v) is 1.77. The molecule has 1 rings (SSSR count). The summed E-state index contributed by atoms with van der Waals surface area (Å²) < 4.78 is 5.16. The second kappa shape index (κ2) is 4.48. The van der Waals surface area contributed by atoms with E-state index in [4.69, 9.17) is 13.8 Å². The normalized spacial score (nSPS) is 34.2. The van der Waals surface area contributed by atoms with E-state index in [2.05, 4.69) is 0 Å². The zero-order chi connectivity index (χ0) is 7.40. The molecule has 0 heterocycles. The Morgan fingerprint density at radius 3 is 2.60 bits per heavy atom. The molecule has 0 bridgehead atoms. The minimum Gasteiger partial charge on any atom is -0.312 e. The van der Waals surface area contributed by atoms with Gasteiger partial charge < -0.3 is 7.90 Å². The fraction of sp³-hybridized carbons (Fsp3) is 1.00. The van der Waals surface area contributed by atoms with Crippen LogP contribution in [0.3, 0.4) is 0 Å². The fourth-order valence-electron chi connectivity index (χ4n) is 1.31. The summed E-state index contributed by atoms with van der Waals surface area (Å²) in [4.78, 5) is 4.74. The lowest BCUT2D eigenvalue weighted by Crippen LogP contribution is -2.28. The van der Waals surface area contributed by atoms with Crippen molar-refractivity contribution in [2.75, 3.05) is 0 Å². The molecule has 2 atom stereocenters. The van der Waals surface area contributed by atoms with Crippen molar-refractivity contribution in [3.63, 3.8) is 0 Å². The first-order valence-electron chi connectivity index (χ1n) is 3.49. The first-order chi connectivity index (χ1) is 4.86. The van der Waals surface area contributed by atoms with Crippen molar-refractivity contribution in [3.8, 4) is 0 Å². The quantitative estimate of drug-likeness (QED) is 0.603. The highest BCUT2D eigenvalue weighted by Crippen LogP contribution is 2.23. The highest BCUT2D eigenvalue weighted by Gasteiger charge is 2.21. The third kappa shape index (κ3) is 2.34. The number of hydrogen-bond acceptors (Lipinski definition) is 3. The lowest BCUT2D eigenvalue weighted by molar-refractivity contribution is 0.000531. The summed E-state index contributed by atoms with van der Waals surface area (Å²) in [5.74, 6) is 5.06. The largest absolute Gasteiger partial charge is 0.312 e. The van der Waals surface area contributed by atoms with E-state index in [1.165, 1.54) is 0 Å². The van der Waals surface area contributed by atoms with E-state index in [-0.39, 0.29) is 6.10 Å². The Balaban J connectivity index is 2.25. The van der Waals surface area contributed by atoms with Crippen LogP contribution < -0.4 is 5.90 Å². The van der Waals surface area contributed by atoms with Crippen LogP contribution in [0.15, 0.2) is 0 Å². The predicted octanol–water partition coefficient (Wildman–Crippen LogP) is 1.55. The van der Waals surface area contributed by atoms with Gasteiger partial charge in [0.1, 0.15) is 23.0 Å². The second-order valence-electron chi connectivity index (χ2n) is 2.64. The van der Waals surface area contributed by atoms with Gasteiger partial charge in [-0.3, -0.25) is 0 Å². The Morgan fingerprint density at radius 1 is 1.30 bits per heavy atom. The molecule has 1 fully saturated rings. The Kier molecular flexibility index (Phi) is 3.90. The maximum absolute atomic E-state index is 5.16. The average Bonchev–Trinajstić information content (AvgIpc) is 2.05. The van der Waals surface area contributed by atoms with Crippen LogP contribution in [0.1, 0.15) is 25.7 Å². The third-order valence-electron chi connectivity index (χ3n) is 1.90. The predicted molar refractivity (Wildman–Crippen MR) is 46.4 cm³/mol. The van der Waals surface area contributed by atoms with Crippen LogP contribution in [-0.4, -0.2) is 12.2 Å². The van der Waals surface area contributed by atoms with Crippen LogP contribution in [0.5, 0.6) is 0 Å². The minimum absolute atomic E-state index is 0.216. The number of rotatable bonds is 2. The van der Waals surface area contributed by atoms with Crippen molar-refractivity contribution in [2.24, 2.45) is 5.90 Å². The molecule has 0 aromatic rings. The van der Waals surface area contributed by atoms with E-state index in [0.29, 0.717) is 6.10 Å². The highest BCUT2D eigenvalue weighted by molar-refractivity contribution is 14.1. The topological polar surface area (TPSA) is 44.5 Å². The molecule has 0 aliphatic heterocycles. The molecule has 4 heteroatoms. The first-order valence-corrected chi connectivity index (χ1v) is 4.38. The maximum Gasteiger partial charge on any atom is 0.110 e. The molecule has 1 aliphatic carbocycles. The van der Waals surface area contributed by atoms with Crippen LogP contribution in [0, 0.1) is 0 Å². The van der Waals surface area contributed by atoms with E-state index >= 15 is 0 Å². The van der Waals surface area contributed by atoms with Gasteiger partial charge in [-0.25, -0.2) is 5.90 Å². The molecule has 10 heavy (non-hydrogen) atoms. The first kappa shape index (κ1) is 8.70. The Bertz CT molecular complexity index is 91.7. The summed E-state index contributed by atoms with van der Waals surface area (Å²) in [5.41, 5.74) is 0. The average molecular weight is 257 g/mol. The number of nitrogens with two attached hydrogens (primary N) is 1. The van der Waals surface area contributed by atoms with Crippen molar-refractivity contribution in [3.05, 3.63) is 0 Å². The number of hydrogen-bond donors (Lipinski definition) is 1. The van der Waals surface area contributed by atoms with E-state index < -0.39 is 0 Å². The van der Waals surface area contributed by atoms with Gasteiger partial charge in [-0.05, 0) is 19.3 Å². The van der Waals surface area contributed by atoms with Gasteiger partial charge in [0.25, 0.3) is 0 Å². The van der Waals surface area contributed by atoms with Crippen LogP contribution in [0.4, 0.5) is 0 Å². The molecule has 0 amide bonds. The lowest BCUT2D eigenvalue weighted by Gasteiger charge is -2.25. The third-order valence-corrected chi connectivity index (χ3v) is 2.62. The number of halogens is 1. The van der Waals surface area contributed by atoms with Crippen LogP contribution in [0.2, 0.25) is 0 Å². The van der Waals surface area contributed by atoms with Crippen LogP contribution in [-0.2, 0) is 7.90 Å². The van der Waals surface area contributed by atoms with Crippen molar-refractivity contribution in [2.45, 2.75) is 37.9 Å². The summed E-state index contributed by atoms with van der Waals surface area (Å²) in [6.45, 7) is 0. The van der Waals surface area contributed by atoms with Crippen LogP contribution in [0.25, 0.3) is 0 Å². The molecule has 0 radical (unpaired) electrons. The molecule has 0 saturated heterocycles. The van der Waals surface area contributed by atoms with Crippen LogP contribution >= 0.6 is 23.0 Å². The maximum atomic E-state index is 5.16. The standard InChI is InChI=1S/C6H12INO2/c7-9-5-2-1-3-6(4-5)10-8/h5-6H,1-4,8H2. The van der Waals surface area contributed by atoms with Gasteiger partial charge in [0.2, 0.25) is 0 Å². The smallest absolute Gasteiger partial charge is 0.110 e. The van der Waals surface area contributed by atoms with Crippen molar-refractivity contribution < 1.29 is 7.90 Å². The molecule has 1 aliphatic rings. The zero-order valence-corrected chi connectivity index (χ0v) is 7.91. The summed E-state index contributed by atoms with van der Waals surface area (Å²) in [7, 11) is 0. The molecule has 0 spiro atoms. The van der Waals surface area contributed by atoms with E-state index in [9.17, 15) is 0 Å². The molecule has 0 aromatic carbocycles. The molecule has 0 aromatic heterocycles. The summed E-state index contributed by atoms with van der Waals surface area (Å²) in [6.07, 6.45) is 4.89. The zero-order valence-electron chi connectivity index (χ0n) is 5.75. The Morgan fingerprint density at radius 2 is 2.00 bits per heavy atom. The molecular formula is C6H12INO2. The van der Waals surface area contributed by atoms with Crippen molar-refractivity contribution >= 4 is 23.0 Å². The van der Waals surface area contributed by atoms with Gasteiger partial charge in [0, 0.05) is 6.42 Å². The summed E-state index contributed by atoms with van der Waals surface area (Å²) >= 11 is 1.94. The van der Waals surface area contributed by atoms with Gasteiger partial charge in [0.15, 0.2) is 0 Å². The van der Waals surface area contributed by atoms with E-state index in [1.807, 2.05) is 23.0 Å². The molecule has 1 saturated carbocycles. The van der Waals surface area contributed by atoms with Gasteiger partial charge >= 0.3 is 0 Å². The summed E-state index contributed by atoms with van der Waals surface area (Å²) in [5, 5.41) is 0. The molecule has 2 unspecified atom stereocenters. The van der Waals surface area contributed by atoms with Crippen molar-refractivity contribution in [1.82, 2.24) is 0 Å². The molecule has 3 nitrogen and oxygen atoms in total. The Labute approximate surface area is 74.9 Å². The SMILES string of the molecule is NOC1CCCC(OI)C1. The van der Waals surface area contributed by atoms with Gasteiger partial charge in [-0.1, -0.05) is 0 Å². The monoisotopic (exact) mass is 257 g/mol. The van der Waals surface area contributed by atoms with Crippen molar-refractivity contribution in [1.29, 1.82) is 0 Å². The highest BCUT2D eigenvalue weighted by atomic mass is 127.